The lowest BCUT2D eigenvalue weighted by atomic mass is 9.33. The Morgan fingerprint density at radius 2 is 1.55 bits per heavy atom. The van der Waals surface area contributed by atoms with Crippen molar-refractivity contribution in [2.75, 3.05) is 6.79 Å². The summed E-state index contributed by atoms with van der Waals surface area (Å²) < 4.78 is 6.20. The van der Waals surface area contributed by atoms with E-state index in [1.807, 2.05) is 6.92 Å². The molecule has 0 amide bonds. The Hall–Kier alpha value is -0.160. The van der Waals surface area contributed by atoms with Crippen LogP contribution in [0.1, 0.15) is 106 Å². The molecule has 0 spiro atoms. The molecule has 190 valence electrons. The molecule has 0 aromatic carbocycles. The molecule has 3 N–H and O–H groups in total. The number of fused-ring (bicyclic) bond motifs is 7. The summed E-state index contributed by atoms with van der Waals surface area (Å²) in [7, 11) is 0. The van der Waals surface area contributed by atoms with Gasteiger partial charge in [0, 0.05) is 0 Å². The number of ether oxygens (including phenoxy) is 1. The summed E-state index contributed by atoms with van der Waals surface area (Å²) in [5, 5.41) is 31.5. The Morgan fingerprint density at radius 3 is 2.21 bits per heavy atom. The van der Waals surface area contributed by atoms with Crippen molar-refractivity contribution in [3.63, 3.8) is 0 Å². The van der Waals surface area contributed by atoms with Crippen molar-refractivity contribution in [1.29, 1.82) is 0 Å². The van der Waals surface area contributed by atoms with Gasteiger partial charge in [-0.15, -0.1) is 0 Å². The Labute approximate surface area is 201 Å². The third-order valence-electron chi connectivity index (χ3n) is 13.4. The first-order chi connectivity index (χ1) is 15.4. The van der Waals surface area contributed by atoms with Crippen molar-refractivity contribution in [1.82, 2.24) is 0 Å². The van der Waals surface area contributed by atoms with Gasteiger partial charge in [-0.3, -0.25) is 0 Å². The highest BCUT2D eigenvalue weighted by molar-refractivity contribution is 5.20. The molecule has 5 aliphatic carbocycles. The van der Waals surface area contributed by atoms with E-state index < -0.39 is 0 Å². The molecule has 5 aliphatic rings. The van der Waals surface area contributed by atoms with Gasteiger partial charge in [-0.2, -0.15) is 0 Å². The fraction of sp³-hybridized carbons (Fsp3) is 1.00. The highest BCUT2D eigenvalue weighted by atomic mass is 16.6. The van der Waals surface area contributed by atoms with Crippen molar-refractivity contribution < 1.29 is 20.1 Å². The van der Waals surface area contributed by atoms with Gasteiger partial charge in [-0.25, -0.2) is 0 Å². The van der Waals surface area contributed by atoms with Crippen molar-refractivity contribution in [3.05, 3.63) is 0 Å². The molecule has 9 unspecified atom stereocenters. The maximum absolute atomic E-state index is 10.9. The fourth-order valence-corrected chi connectivity index (χ4v) is 11.5. The molecule has 0 heterocycles. The van der Waals surface area contributed by atoms with Crippen molar-refractivity contribution in [2.45, 2.75) is 124 Å². The summed E-state index contributed by atoms with van der Waals surface area (Å²) in [5.74, 6) is 2.44. The predicted molar refractivity (Wildman–Crippen MR) is 130 cm³/mol. The van der Waals surface area contributed by atoms with Crippen LogP contribution in [0.3, 0.4) is 0 Å². The van der Waals surface area contributed by atoms with Gasteiger partial charge < -0.3 is 20.1 Å². The zero-order valence-corrected chi connectivity index (χ0v) is 22.1. The molecular weight excluding hydrogens is 412 g/mol. The number of hydrogen-bond acceptors (Lipinski definition) is 4. The highest BCUT2D eigenvalue weighted by Crippen LogP contribution is 2.76. The molecule has 5 fully saturated rings. The van der Waals surface area contributed by atoms with Gasteiger partial charge >= 0.3 is 0 Å². The zero-order chi connectivity index (χ0) is 24.0. The standard InChI is InChI=1S/C29H50O4/c1-18(31)19-9-14-29(33-17-30)16-15-27(5)20(24(19)29)7-8-22-26(4)12-11-23(32)25(2,3)21(26)10-13-28(22,27)6/h18-24,30-32H,7-17H2,1-6H3/t18?,19?,20?,21?,22?,23?,24?,26-,27?,28+,29?/m0/s1. The van der Waals surface area contributed by atoms with Gasteiger partial charge in [0.05, 0.1) is 17.8 Å². The van der Waals surface area contributed by atoms with Crippen LogP contribution in [-0.4, -0.2) is 39.9 Å². The van der Waals surface area contributed by atoms with E-state index in [4.69, 9.17) is 4.74 Å². The van der Waals surface area contributed by atoms with Crippen LogP contribution in [0.15, 0.2) is 0 Å². The van der Waals surface area contributed by atoms with E-state index in [1.165, 1.54) is 32.1 Å². The number of aliphatic hydroxyl groups excluding tert-OH is 3. The summed E-state index contributed by atoms with van der Waals surface area (Å²) in [5.41, 5.74) is 0.540. The van der Waals surface area contributed by atoms with Crippen LogP contribution in [-0.2, 0) is 4.74 Å². The Morgan fingerprint density at radius 1 is 0.818 bits per heavy atom. The van der Waals surface area contributed by atoms with E-state index in [0.29, 0.717) is 29.1 Å². The summed E-state index contributed by atoms with van der Waals surface area (Å²) in [6.45, 7) is 14.2. The largest absolute Gasteiger partial charge is 0.393 e. The molecule has 0 aromatic rings. The number of aliphatic hydroxyl groups is 3. The molecule has 4 heteroatoms. The van der Waals surface area contributed by atoms with Crippen molar-refractivity contribution in [2.24, 2.45) is 51.2 Å². The molecule has 11 atom stereocenters. The van der Waals surface area contributed by atoms with Crippen LogP contribution in [0, 0.1) is 51.2 Å². The Bertz CT molecular complexity index is 765. The minimum atomic E-state index is -0.319. The van der Waals surface area contributed by atoms with E-state index in [-0.39, 0.29) is 46.8 Å². The highest BCUT2D eigenvalue weighted by Gasteiger charge is 2.71. The summed E-state index contributed by atoms with van der Waals surface area (Å²) in [6, 6.07) is 0. The summed E-state index contributed by atoms with van der Waals surface area (Å²) in [4.78, 5) is 0. The van der Waals surface area contributed by atoms with Crippen molar-refractivity contribution in [3.8, 4) is 0 Å². The molecule has 4 nitrogen and oxygen atoms in total. The smallest absolute Gasteiger partial charge is 0.144 e. The minimum absolute atomic E-state index is 0.00830. The Kier molecular flexibility index (Phi) is 5.70. The van der Waals surface area contributed by atoms with E-state index >= 15 is 0 Å². The molecule has 0 saturated heterocycles. The monoisotopic (exact) mass is 462 g/mol. The summed E-state index contributed by atoms with van der Waals surface area (Å²) in [6.07, 6.45) is 10.7. The third kappa shape index (κ3) is 3.02. The van der Waals surface area contributed by atoms with Crippen LogP contribution in [0.25, 0.3) is 0 Å². The van der Waals surface area contributed by atoms with Crippen LogP contribution in [0.2, 0.25) is 0 Å². The molecule has 5 rings (SSSR count). The first kappa shape index (κ1) is 24.5. The first-order valence-electron chi connectivity index (χ1n) is 14.0. The Balaban J connectivity index is 1.54. The van der Waals surface area contributed by atoms with Gasteiger partial charge in [0.25, 0.3) is 0 Å². The SMILES string of the molecule is CC(O)C1CCC2(OCO)CCC3(C)C(CCC4[C@@]5(C)CCC(O)C(C)(C)C5CC[C@]43C)C12. The average molecular weight is 463 g/mol. The molecule has 33 heavy (non-hydrogen) atoms. The number of rotatable bonds is 3. The van der Waals surface area contributed by atoms with Crippen LogP contribution in [0.4, 0.5) is 0 Å². The maximum atomic E-state index is 10.9. The maximum Gasteiger partial charge on any atom is 0.144 e. The van der Waals surface area contributed by atoms with E-state index in [1.54, 1.807) is 0 Å². The number of hydrogen-bond donors (Lipinski definition) is 3. The van der Waals surface area contributed by atoms with Crippen LogP contribution >= 0.6 is 0 Å². The van der Waals surface area contributed by atoms with Gasteiger partial charge in [0.2, 0.25) is 0 Å². The lowest BCUT2D eigenvalue weighted by Crippen LogP contribution is -2.67. The lowest BCUT2D eigenvalue weighted by molar-refractivity contribution is -0.268. The minimum Gasteiger partial charge on any atom is -0.393 e. The lowest BCUT2D eigenvalue weighted by Gasteiger charge is -2.72. The van der Waals surface area contributed by atoms with Gasteiger partial charge in [-0.05, 0) is 122 Å². The van der Waals surface area contributed by atoms with E-state index in [9.17, 15) is 15.3 Å². The van der Waals surface area contributed by atoms with E-state index in [0.717, 1.165) is 32.1 Å². The van der Waals surface area contributed by atoms with E-state index in [2.05, 4.69) is 34.6 Å². The third-order valence-corrected chi connectivity index (χ3v) is 13.4. The molecular formula is C29H50O4. The van der Waals surface area contributed by atoms with Gasteiger partial charge in [0.15, 0.2) is 0 Å². The predicted octanol–water partition coefficient (Wildman–Crippen LogP) is 5.53. The van der Waals surface area contributed by atoms with Crippen LogP contribution < -0.4 is 0 Å². The quantitative estimate of drug-likeness (QED) is 0.483. The first-order valence-corrected chi connectivity index (χ1v) is 14.0. The average Bonchev–Trinajstić information content (AvgIpc) is 3.12. The molecule has 0 aliphatic heterocycles. The second kappa shape index (κ2) is 7.67. The molecule has 0 radical (unpaired) electrons. The van der Waals surface area contributed by atoms with Gasteiger partial charge in [0.1, 0.15) is 6.79 Å². The molecule has 0 aromatic heterocycles. The molecule has 5 saturated carbocycles. The molecule has 0 bridgehead atoms. The fourth-order valence-electron chi connectivity index (χ4n) is 11.5. The normalized spacial score (nSPS) is 56.3. The second-order valence-corrected chi connectivity index (χ2v) is 14.4. The van der Waals surface area contributed by atoms with Crippen LogP contribution in [0.5, 0.6) is 0 Å². The second-order valence-electron chi connectivity index (χ2n) is 14.4. The zero-order valence-electron chi connectivity index (χ0n) is 22.1. The van der Waals surface area contributed by atoms with Crippen molar-refractivity contribution >= 4 is 0 Å². The topological polar surface area (TPSA) is 69.9 Å². The summed E-state index contributed by atoms with van der Waals surface area (Å²) >= 11 is 0. The van der Waals surface area contributed by atoms with Gasteiger partial charge in [-0.1, -0.05) is 34.6 Å².